The van der Waals surface area contributed by atoms with Gasteiger partial charge in [0, 0.05) is 110 Å². The molecule has 1 aliphatic heterocycles. The quantitative estimate of drug-likeness (QED) is 0.0698. The largest absolute Gasteiger partial charge is 0.454 e. The molecule has 14 heterocycles. The van der Waals surface area contributed by atoms with Crippen molar-refractivity contribution in [2.75, 3.05) is 47.6 Å². The molecule has 550 valence electrons. The summed E-state index contributed by atoms with van der Waals surface area (Å²) >= 11 is 13.8. The Kier molecular flexibility index (Phi) is 24.2. The van der Waals surface area contributed by atoms with Crippen LogP contribution in [0.15, 0.2) is 181 Å². The standard InChI is InChI=1S/C21H16Cl2N6O.C20H22N6O3.C19H17N7OS.C15H14N6O/c1-12-25-19(17-5-3-4-8-24-17)27-21(26-12)28-20(30)18-9-13(11-29(18)2)15-7-6-14(22)10-16(15)23;1-13(26-9-11-28-12-10-26)16-6-7-17(29-16)19(27)25-20-23-14(2)22-18(24-20)15-5-3-4-8-21-15;1-11-21-17(14-6-4-5-7-20-14)24-19(22-11)25-18(27)16-8-13(9-26(16)3)15-10-28-12(2)23-15;1-10-17-13(11-6-3-4-8-16-11)19-15(18-10)20-14(22)12-7-5-9-21(12)2/h3-11H,1-2H3,(H,25,26,27,28,30);3-8,13H,9-12H2,1-2H3,(H,22,23,24,25,27);4-10H,1-3H3,(H,21,22,24,25,27);3-9H,1-2H3,(H,17,18,19,20,22). The third-order valence-corrected chi connectivity index (χ3v) is 17.5. The molecule has 1 aromatic carbocycles. The summed E-state index contributed by atoms with van der Waals surface area (Å²) in [5.41, 5.74) is 7.19. The van der Waals surface area contributed by atoms with Gasteiger partial charge in [0.1, 0.15) is 68.9 Å². The number of carbonyl (C=O) groups is 4. The molecule has 4 N–H and O–H groups in total. The van der Waals surface area contributed by atoms with E-state index >= 15 is 0 Å². The summed E-state index contributed by atoms with van der Waals surface area (Å²) in [6.45, 7) is 14.0. The van der Waals surface area contributed by atoms with Gasteiger partial charge in [-0.3, -0.25) is 65.3 Å². The van der Waals surface area contributed by atoms with Gasteiger partial charge in [-0.1, -0.05) is 53.5 Å². The molecule has 0 saturated carbocycles. The van der Waals surface area contributed by atoms with Gasteiger partial charge in [0.15, 0.2) is 29.1 Å². The average Bonchev–Trinajstić information content (AvgIpc) is 1.73. The molecule has 13 aromatic heterocycles. The topological polar surface area (TPSA) is 376 Å². The summed E-state index contributed by atoms with van der Waals surface area (Å²) in [7, 11) is 5.39. The summed E-state index contributed by atoms with van der Waals surface area (Å²) in [6.07, 6.45) is 12.1. The van der Waals surface area contributed by atoms with Crippen molar-refractivity contribution in [3.63, 3.8) is 0 Å². The molecule has 109 heavy (non-hydrogen) atoms. The monoisotopic (exact) mass is 1520 g/mol. The van der Waals surface area contributed by atoms with Crippen LogP contribution >= 0.6 is 34.5 Å². The van der Waals surface area contributed by atoms with E-state index < -0.39 is 5.91 Å². The Morgan fingerprint density at radius 3 is 1.28 bits per heavy atom. The number of thiazole rings is 1. The Bertz CT molecular complexity index is 5540. The molecule has 0 aliphatic carbocycles. The number of hydrogen-bond acceptors (Lipinski definition) is 25. The SMILES string of the molecule is Cc1nc(NC(=O)c2cc(-c3ccc(Cl)cc3Cl)cn2C)nc(-c2ccccn2)n1.Cc1nc(NC(=O)c2cc(-c3csc(C)n3)cn2C)nc(-c2ccccn2)n1.Cc1nc(NC(=O)c2ccc(C(C)N3CCOCC3)o2)nc(-c2ccccn2)n1.Cc1nc(NC(=O)c2cccn2C)nc(-c2ccccn2)n1. The van der Waals surface area contributed by atoms with Gasteiger partial charge in [-0.05, 0) is 139 Å². The maximum Gasteiger partial charge on any atom is 0.293 e. The Labute approximate surface area is 638 Å². The number of halogens is 2. The lowest BCUT2D eigenvalue weighted by molar-refractivity contribution is 0.0155. The van der Waals surface area contributed by atoms with Gasteiger partial charge in [0.25, 0.3) is 23.6 Å². The first-order valence-electron chi connectivity index (χ1n) is 33.7. The van der Waals surface area contributed by atoms with E-state index in [4.69, 9.17) is 32.4 Å². The minimum atomic E-state index is -0.414. The van der Waals surface area contributed by atoms with E-state index in [-0.39, 0.29) is 53.3 Å². The molecule has 34 heteroatoms. The molecular formula is C75H69Cl2N25O6S. The highest BCUT2D eigenvalue weighted by Gasteiger charge is 2.25. The van der Waals surface area contributed by atoms with Crippen molar-refractivity contribution in [2.24, 2.45) is 21.1 Å². The van der Waals surface area contributed by atoms with Crippen molar-refractivity contribution in [1.29, 1.82) is 0 Å². The fourth-order valence-electron chi connectivity index (χ4n) is 10.9. The predicted molar refractivity (Wildman–Crippen MR) is 410 cm³/mol. The number of aryl methyl sites for hydroxylation is 8. The third-order valence-electron chi connectivity index (χ3n) is 16.1. The zero-order chi connectivity index (χ0) is 76.7. The molecule has 1 fully saturated rings. The molecule has 15 rings (SSSR count). The van der Waals surface area contributed by atoms with E-state index in [0.29, 0.717) is 110 Å². The van der Waals surface area contributed by atoms with Crippen molar-refractivity contribution in [3.05, 3.63) is 243 Å². The maximum absolute atomic E-state index is 12.9. The number of nitrogens with one attached hydrogen (secondary N) is 4. The highest BCUT2D eigenvalue weighted by Crippen LogP contribution is 2.33. The molecule has 1 atom stereocenters. The van der Waals surface area contributed by atoms with Crippen LogP contribution in [0.4, 0.5) is 23.8 Å². The van der Waals surface area contributed by atoms with Crippen LogP contribution in [0.5, 0.6) is 0 Å². The van der Waals surface area contributed by atoms with E-state index in [1.807, 2.05) is 86.3 Å². The zero-order valence-electron chi connectivity index (χ0n) is 60.2. The van der Waals surface area contributed by atoms with Crippen LogP contribution in [0.1, 0.15) is 89.1 Å². The lowest BCUT2D eigenvalue weighted by Gasteiger charge is -2.31. The van der Waals surface area contributed by atoms with Crippen molar-refractivity contribution in [3.8, 4) is 68.5 Å². The van der Waals surface area contributed by atoms with E-state index in [2.05, 4.69) is 118 Å². The Morgan fingerprint density at radius 1 is 0.450 bits per heavy atom. The lowest BCUT2D eigenvalue weighted by atomic mass is 10.1. The Morgan fingerprint density at radius 2 is 0.881 bits per heavy atom. The fourth-order valence-corrected chi connectivity index (χ4v) is 12.0. The summed E-state index contributed by atoms with van der Waals surface area (Å²) in [6, 6.07) is 37.7. The average molecular weight is 1520 g/mol. The van der Waals surface area contributed by atoms with E-state index in [0.717, 1.165) is 46.2 Å². The molecular weight excluding hydrogens is 1450 g/mol. The van der Waals surface area contributed by atoms with Crippen LogP contribution in [0, 0.1) is 34.6 Å². The molecule has 0 radical (unpaired) electrons. The second-order valence-electron chi connectivity index (χ2n) is 24.2. The molecule has 14 aromatic rings. The second kappa shape index (κ2) is 34.9. The minimum absolute atomic E-state index is 0.0654. The van der Waals surface area contributed by atoms with Crippen molar-refractivity contribution < 1.29 is 28.3 Å². The van der Waals surface area contributed by atoms with Gasteiger partial charge >= 0.3 is 0 Å². The molecule has 31 nitrogen and oxygen atoms in total. The third kappa shape index (κ3) is 19.7. The summed E-state index contributed by atoms with van der Waals surface area (Å²) in [5.74, 6) is 3.88. The number of carbonyl (C=O) groups excluding carboxylic acids is 4. The smallest absolute Gasteiger partial charge is 0.293 e. The van der Waals surface area contributed by atoms with Crippen LogP contribution in [0.3, 0.4) is 0 Å². The number of hydrogen-bond donors (Lipinski definition) is 4. The number of benzene rings is 1. The van der Waals surface area contributed by atoms with Crippen LogP contribution in [-0.4, -0.2) is 153 Å². The van der Waals surface area contributed by atoms with Gasteiger partial charge < -0.3 is 22.9 Å². The van der Waals surface area contributed by atoms with Crippen molar-refractivity contribution >= 4 is 82.0 Å². The number of morpholine rings is 1. The molecule has 0 spiro atoms. The minimum Gasteiger partial charge on any atom is -0.454 e. The first-order valence-corrected chi connectivity index (χ1v) is 35.3. The van der Waals surface area contributed by atoms with Gasteiger partial charge in [-0.2, -0.15) is 39.9 Å². The zero-order valence-corrected chi connectivity index (χ0v) is 62.5. The van der Waals surface area contributed by atoms with Gasteiger partial charge in [0.05, 0.1) is 30.0 Å². The van der Waals surface area contributed by atoms with Crippen molar-refractivity contribution in [1.82, 2.24) is 103 Å². The fraction of sp³-hybridized carbons (Fsp3) is 0.187. The normalized spacial score (nSPS) is 12.1. The number of aromatic nitrogens is 20. The number of amides is 4. The van der Waals surface area contributed by atoms with Crippen LogP contribution in [0.2, 0.25) is 10.0 Å². The van der Waals surface area contributed by atoms with Gasteiger partial charge in [-0.25, -0.2) is 24.9 Å². The molecule has 1 saturated heterocycles. The summed E-state index contributed by atoms with van der Waals surface area (Å²) < 4.78 is 16.4. The highest BCUT2D eigenvalue weighted by atomic mass is 35.5. The Balaban J connectivity index is 0.000000136. The Hall–Kier alpha value is -13.0. The molecule has 1 unspecified atom stereocenters. The first-order chi connectivity index (χ1) is 52.6. The second-order valence-corrected chi connectivity index (χ2v) is 26.1. The van der Waals surface area contributed by atoms with E-state index in [1.54, 1.807) is 171 Å². The number of rotatable bonds is 16. The van der Waals surface area contributed by atoms with Crippen molar-refractivity contribution in [2.45, 2.75) is 47.6 Å². The number of anilines is 4. The lowest BCUT2D eigenvalue weighted by Crippen LogP contribution is -2.37. The molecule has 0 bridgehead atoms. The summed E-state index contributed by atoms with van der Waals surface area (Å²) in [4.78, 5) is 125. The first kappa shape index (κ1) is 75.7. The van der Waals surface area contributed by atoms with E-state index in [1.165, 1.54) is 0 Å². The number of ether oxygens (including phenoxy) is 1. The van der Waals surface area contributed by atoms with E-state index in [9.17, 15) is 19.2 Å². The molecule has 1 aliphatic rings. The predicted octanol–water partition coefficient (Wildman–Crippen LogP) is 12.4. The molecule has 4 amide bonds. The number of nitrogens with zero attached hydrogens (tertiary/aromatic N) is 21. The van der Waals surface area contributed by atoms with Crippen LogP contribution in [0.25, 0.3) is 68.5 Å². The maximum atomic E-state index is 12.9. The van der Waals surface area contributed by atoms with Gasteiger partial charge in [0.2, 0.25) is 23.8 Å². The van der Waals surface area contributed by atoms with Crippen LogP contribution < -0.4 is 21.3 Å². The number of furan rings is 1. The highest BCUT2D eigenvalue weighted by molar-refractivity contribution is 7.09. The van der Waals surface area contributed by atoms with Gasteiger partial charge in [-0.15, -0.1) is 11.3 Å². The van der Waals surface area contributed by atoms with Crippen LogP contribution in [-0.2, 0) is 25.9 Å². The number of pyridine rings is 4. The summed E-state index contributed by atoms with van der Waals surface area (Å²) in [5, 5.41) is 14.9.